The highest BCUT2D eigenvalue weighted by Gasteiger charge is 2.26. The number of aromatic nitrogens is 1. The molecule has 1 saturated heterocycles. The highest BCUT2D eigenvalue weighted by atomic mass is 15.2. The molecule has 1 N–H and O–H groups in total. The number of hydrogen-bond acceptors (Lipinski definition) is 3. The third-order valence-corrected chi connectivity index (χ3v) is 3.93. The number of nitrogens with zero attached hydrogens (tertiary/aromatic N) is 2. The Hall–Kier alpha value is -1.09. The van der Waals surface area contributed by atoms with E-state index in [1.807, 2.05) is 13.2 Å². The lowest BCUT2D eigenvalue weighted by molar-refractivity contribution is 0.112. The fraction of sp³-hybridized carbons (Fsp3) is 0.667. The smallest absolute Gasteiger partial charge is 0.128 e. The van der Waals surface area contributed by atoms with Crippen LogP contribution < -0.4 is 5.32 Å². The van der Waals surface area contributed by atoms with Gasteiger partial charge in [-0.15, -0.1) is 0 Å². The number of hydrogen-bond donors (Lipinski definition) is 1. The van der Waals surface area contributed by atoms with Gasteiger partial charge in [-0.25, -0.2) is 4.98 Å². The minimum absolute atomic E-state index is 0.552. The first-order chi connectivity index (χ1) is 8.63. The molecule has 1 aliphatic rings. The molecule has 1 atom stereocenters. The van der Waals surface area contributed by atoms with Crippen LogP contribution in [0.1, 0.15) is 50.3 Å². The minimum Gasteiger partial charge on any atom is -0.373 e. The molecule has 0 bridgehead atoms. The topological polar surface area (TPSA) is 28.2 Å². The zero-order valence-electron chi connectivity index (χ0n) is 12.0. The molecule has 3 heteroatoms. The lowest BCUT2D eigenvalue weighted by Crippen LogP contribution is -2.38. The largest absolute Gasteiger partial charge is 0.373 e. The summed E-state index contributed by atoms with van der Waals surface area (Å²) in [6, 6.07) is 3.46. The lowest BCUT2D eigenvalue weighted by atomic mass is 9.94. The highest BCUT2D eigenvalue weighted by Crippen LogP contribution is 2.33. The molecule has 0 spiro atoms. The molecule has 3 nitrogen and oxygen atoms in total. The summed E-state index contributed by atoms with van der Waals surface area (Å²) in [6.45, 7) is 7.93. The summed E-state index contributed by atoms with van der Waals surface area (Å²) in [5, 5.41) is 3.13. The van der Waals surface area contributed by atoms with Gasteiger partial charge in [0.15, 0.2) is 0 Å². The first-order valence-electron chi connectivity index (χ1n) is 7.03. The van der Waals surface area contributed by atoms with Gasteiger partial charge in [0.1, 0.15) is 5.82 Å². The number of anilines is 1. The zero-order chi connectivity index (χ0) is 13.1. The van der Waals surface area contributed by atoms with Crippen molar-refractivity contribution in [2.24, 2.45) is 0 Å². The van der Waals surface area contributed by atoms with Crippen LogP contribution in [0.25, 0.3) is 0 Å². The Morgan fingerprint density at radius 3 is 2.78 bits per heavy atom. The van der Waals surface area contributed by atoms with E-state index < -0.39 is 0 Å². The van der Waals surface area contributed by atoms with Crippen molar-refractivity contribution in [2.45, 2.75) is 52.1 Å². The van der Waals surface area contributed by atoms with Crippen LogP contribution in [-0.4, -0.2) is 29.5 Å². The molecule has 0 aliphatic carbocycles. The van der Waals surface area contributed by atoms with Crippen LogP contribution in [-0.2, 0) is 0 Å². The van der Waals surface area contributed by atoms with Crippen LogP contribution in [0, 0.1) is 6.92 Å². The number of pyridine rings is 1. The molecule has 0 radical (unpaired) electrons. The molecule has 1 aliphatic heterocycles. The number of piperidine rings is 1. The summed E-state index contributed by atoms with van der Waals surface area (Å²) in [5.41, 5.74) is 2.61. The van der Waals surface area contributed by atoms with Crippen molar-refractivity contribution >= 4 is 5.82 Å². The fourth-order valence-electron chi connectivity index (χ4n) is 2.97. The molecule has 1 aromatic rings. The van der Waals surface area contributed by atoms with Gasteiger partial charge < -0.3 is 5.32 Å². The van der Waals surface area contributed by atoms with Crippen LogP contribution in [0.3, 0.4) is 0 Å². The number of nitrogens with one attached hydrogen (secondary N) is 1. The van der Waals surface area contributed by atoms with E-state index in [9.17, 15) is 0 Å². The summed E-state index contributed by atoms with van der Waals surface area (Å²) < 4.78 is 0. The Morgan fingerprint density at radius 2 is 2.17 bits per heavy atom. The van der Waals surface area contributed by atoms with E-state index in [0.717, 1.165) is 5.82 Å². The normalized spacial score (nSPS) is 21.3. The van der Waals surface area contributed by atoms with Gasteiger partial charge in [0.25, 0.3) is 0 Å². The van der Waals surface area contributed by atoms with Crippen LogP contribution in [0.4, 0.5) is 5.82 Å². The predicted molar refractivity (Wildman–Crippen MR) is 77.0 cm³/mol. The average Bonchev–Trinajstić information content (AvgIpc) is 2.38. The maximum absolute atomic E-state index is 4.53. The SMILES string of the molecule is CNc1ncc(C2CCCCN2C(C)C)cc1C. The van der Waals surface area contributed by atoms with Crippen LogP contribution >= 0.6 is 0 Å². The van der Waals surface area contributed by atoms with Crippen molar-refractivity contribution in [2.75, 3.05) is 18.9 Å². The van der Waals surface area contributed by atoms with Gasteiger partial charge in [0, 0.05) is 25.3 Å². The third-order valence-electron chi connectivity index (χ3n) is 3.93. The fourth-order valence-corrected chi connectivity index (χ4v) is 2.97. The molecule has 1 fully saturated rings. The van der Waals surface area contributed by atoms with Crippen molar-refractivity contribution in [1.29, 1.82) is 0 Å². The van der Waals surface area contributed by atoms with Crippen molar-refractivity contribution in [3.8, 4) is 0 Å². The Labute approximate surface area is 111 Å². The van der Waals surface area contributed by atoms with Crippen LogP contribution in [0.15, 0.2) is 12.3 Å². The Kier molecular flexibility index (Phi) is 4.23. The van der Waals surface area contributed by atoms with E-state index in [-0.39, 0.29) is 0 Å². The second-order valence-corrected chi connectivity index (χ2v) is 5.53. The van der Waals surface area contributed by atoms with Gasteiger partial charge in [0.2, 0.25) is 0 Å². The molecule has 0 aromatic carbocycles. The average molecular weight is 247 g/mol. The standard InChI is InChI=1S/C15H25N3/c1-11(2)18-8-6-5-7-14(18)13-9-12(3)15(16-4)17-10-13/h9-11,14H,5-8H2,1-4H3,(H,16,17). The van der Waals surface area contributed by atoms with Gasteiger partial charge in [-0.1, -0.05) is 6.42 Å². The molecule has 1 unspecified atom stereocenters. The van der Waals surface area contributed by atoms with E-state index in [0.29, 0.717) is 12.1 Å². The zero-order valence-corrected chi connectivity index (χ0v) is 12.0. The minimum atomic E-state index is 0.552. The van der Waals surface area contributed by atoms with E-state index >= 15 is 0 Å². The second-order valence-electron chi connectivity index (χ2n) is 5.53. The van der Waals surface area contributed by atoms with E-state index in [2.05, 4.69) is 42.0 Å². The summed E-state index contributed by atoms with van der Waals surface area (Å²) >= 11 is 0. The molecule has 2 heterocycles. The summed E-state index contributed by atoms with van der Waals surface area (Å²) in [4.78, 5) is 7.14. The number of aryl methyl sites for hydroxylation is 1. The van der Waals surface area contributed by atoms with E-state index in [1.165, 1.54) is 36.9 Å². The predicted octanol–water partition coefficient (Wildman–Crippen LogP) is 3.37. The molecule has 100 valence electrons. The molecule has 0 amide bonds. The van der Waals surface area contributed by atoms with E-state index in [1.54, 1.807) is 0 Å². The van der Waals surface area contributed by atoms with Crippen LogP contribution in [0.5, 0.6) is 0 Å². The van der Waals surface area contributed by atoms with E-state index in [4.69, 9.17) is 0 Å². The van der Waals surface area contributed by atoms with Crippen molar-refractivity contribution in [3.63, 3.8) is 0 Å². The van der Waals surface area contributed by atoms with Crippen molar-refractivity contribution in [1.82, 2.24) is 9.88 Å². The Morgan fingerprint density at radius 1 is 1.39 bits per heavy atom. The maximum Gasteiger partial charge on any atom is 0.128 e. The first-order valence-corrected chi connectivity index (χ1v) is 7.03. The first kappa shape index (κ1) is 13.3. The second kappa shape index (κ2) is 5.70. The van der Waals surface area contributed by atoms with Gasteiger partial charge >= 0.3 is 0 Å². The quantitative estimate of drug-likeness (QED) is 0.887. The van der Waals surface area contributed by atoms with Crippen molar-refractivity contribution < 1.29 is 0 Å². The van der Waals surface area contributed by atoms with Gasteiger partial charge in [-0.05, 0) is 57.4 Å². The third kappa shape index (κ3) is 2.66. The molecule has 0 saturated carbocycles. The summed E-state index contributed by atoms with van der Waals surface area (Å²) in [5.74, 6) is 0.991. The van der Waals surface area contributed by atoms with Gasteiger partial charge in [0.05, 0.1) is 0 Å². The summed E-state index contributed by atoms with van der Waals surface area (Å²) in [7, 11) is 1.93. The molecule has 1 aromatic heterocycles. The van der Waals surface area contributed by atoms with Gasteiger partial charge in [-0.2, -0.15) is 0 Å². The molecule has 2 rings (SSSR count). The monoisotopic (exact) mass is 247 g/mol. The highest BCUT2D eigenvalue weighted by molar-refractivity contribution is 5.44. The lowest BCUT2D eigenvalue weighted by Gasteiger charge is -2.39. The molecular weight excluding hydrogens is 222 g/mol. The van der Waals surface area contributed by atoms with Crippen LogP contribution in [0.2, 0.25) is 0 Å². The van der Waals surface area contributed by atoms with Crippen molar-refractivity contribution in [3.05, 3.63) is 23.4 Å². The van der Waals surface area contributed by atoms with Gasteiger partial charge in [-0.3, -0.25) is 4.90 Å². The summed E-state index contributed by atoms with van der Waals surface area (Å²) in [6.07, 6.45) is 5.97. The Bertz CT molecular complexity index is 401. The molecule has 18 heavy (non-hydrogen) atoms. The Balaban J connectivity index is 2.25. The maximum atomic E-state index is 4.53. The number of likely N-dealkylation sites (tertiary alicyclic amines) is 1. The molecular formula is C15H25N3. The number of rotatable bonds is 3.